The van der Waals surface area contributed by atoms with Gasteiger partial charge in [-0.1, -0.05) is 18.2 Å². The fourth-order valence-corrected chi connectivity index (χ4v) is 2.11. The molecule has 0 saturated carbocycles. The maximum Gasteiger partial charge on any atom is 0.243 e. The molecule has 0 aliphatic rings. The molecule has 0 bridgehead atoms. The van der Waals surface area contributed by atoms with Crippen molar-refractivity contribution in [3.63, 3.8) is 0 Å². The van der Waals surface area contributed by atoms with Gasteiger partial charge in [-0.05, 0) is 35.9 Å². The van der Waals surface area contributed by atoms with Crippen molar-refractivity contribution < 1.29 is 18.8 Å². The monoisotopic (exact) mass is 343 g/mol. The molecular weight excluding hydrogens is 325 g/mol. The van der Waals surface area contributed by atoms with Gasteiger partial charge in [0.15, 0.2) is 0 Å². The van der Waals surface area contributed by atoms with Crippen LogP contribution in [0, 0.1) is 5.82 Å². The van der Waals surface area contributed by atoms with Crippen LogP contribution in [0.1, 0.15) is 12.5 Å². The summed E-state index contributed by atoms with van der Waals surface area (Å²) in [4.78, 5) is 34.7. The van der Waals surface area contributed by atoms with Crippen molar-refractivity contribution >= 4 is 29.1 Å². The van der Waals surface area contributed by atoms with Gasteiger partial charge in [0.05, 0.1) is 13.0 Å². The van der Waals surface area contributed by atoms with Crippen LogP contribution in [0.5, 0.6) is 0 Å². The van der Waals surface area contributed by atoms with E-state index in [1.807, 2.05) is 0 Å². The molecule has 0 unspecified atom stereocenters. The van der Waals surface area contributed by atoms with Crippen LogP contribution in [0.25, 0.3) is 0 Å². The fraction of sp³-hybridized carbons (Fsp3) is 0.167. The van der Waals surface area contributed by atoms with Gasteiger partial charge in [0.2, 0.25) is 17.7 Å². The molecule has 0 aliphatic heterocycles. The van der Waals surface area contributed by atoms with E-state index in [1.165, 1.54) is 31.2 Å². The largest absolute Gasteiger partial charge is 0.347 e. The summed E-state index contributed by atoms with van der Waals surface area (Å²) in [5.74, 6) is -1.32. The van der Waals surface area contributed by atoms with Crippen molar-refractivity contribution in [1.29, 1.82) is 0 Å². The molecule has 0 aliphatic carbocycles. The number of hydrogen-bond acceptors (Lipinski definition) is 3. The highest BCUT2D eigenvalue weighted by atomic mass is 19.1. The summed E-state index contributed by atoms with van der Waals surface area (Å²) < 4.78 is 12.8. The molecule has 7 heteroatoms. The number of halogens is 1. The van der Waals surface area contributed by atoms with Gasteiger partial charge in [0.25, 0.3) is 0 Å². The molecule has 2 aromatic carbocycles. The molecule has 130 valence electrons. The van der Waals surface area contributed by atoms with E-state index in [1.54, 1.807) is 24.3 Å². The first-order valence-corrected chi connectivity index (χ1v) is 7.61. The van der Waals surface area contributed by atoms with Crippen molar-refractivity contribution in [3.8, 4) is 0 Å². The molecule has 3 amide bonds. The Morgan fingerprint density at radius 3 is 2.20 bits per heavy atom. The lowest BCUT2D eigenvalue weighted by atomic mass is 10.1. The van der Waals surface area contributed by atoms with E-state index in [9.17, 15) is 18.8 Å². The summed E-state index contributed by atoms with van der Waals surface area (Å²) in [5.41, 5.74) is 1.72. The lowest BCUT2D eigenvalue weighted by molar-refractivity contribution is -0.123. The zero-order valence-corrected chi connectivity index (χ0v) is 13.6. The zero-order valence-electron chi connectivity index (χ0n) is 13.6. The van der Waals surface area contributed by atoms with Crippen molar-refractivity contribution in [3.05, 3.63) is 59.9 Å². The molecule has 0 atom stereocenters. The Bertz CT molecular complexity index is 775. The third-order valence-corrected chi connectivity index (χ3v) is 3.19. The number of nitrogens with one attached hydrogen (secondary N) is 3. The highest BCUT2D eigenvalue weighted by molar-refractivity contribution is 5.96. The van der Waals surface area contributed by atoms with Gasteiger partial charge in [-0.3, -0.25) is 14.4 Å². The van der Waals surface area contributed by atoms with Crippen LogP contribution in [0.2, 0.25) is 0 Å². The Kier molecular flexibility index (Phi) is 6.22. The Balaban J connectivity index is 1.81. The first kappa shape index (κ1) is 18.1. The van der Waals surface area contributed by atoms with E-state index >= 15 is 0 Å². The number of rotatable bonds is 6. The Morgan fingerprint density at radius 1 is 0.920 bits per heavy atom. The van der Waals surface area contributed by atoms with Crippen molar-refractivity contribution in [2.24, 2.45) is 0 Å². The molecular formula is C18H18FN3O3. The van der Waals surface area contributed by atoms with Crippen molar-refractivity contribution in [2.45, 2.75) is 13.3 Å². The van der Waals surface area contributed by atoms with Gasteiger partial charge in [0, 0.05) is 18.3 Å². The SMILES string of the molecule is CC(=O)Nc1cccc(NC(=O)CNC(=O)Cc2ccc(F)cc2)c1. The molecule has 0 heterocycles. The maximum absolute atomic E-state index is 12.8. The van der Waals surface area contributed by atoms with E-state index in [0.717, 1.165) is 0 Å². The van der Waals surface area contributed by atoms with Crippen LogP contribution in [0.3, 0.4) is 0 Å². The van der Waals surface area contributed by atoms with Crippen molar-refractivity contribution in [1.82, 2.24) is 5.32 Å². The smallest absolute Gasteiger partial charge is 0.243 e. The van der Waals surface area contributed by atoms with E-state index in [4.69, 9.17) is 0 Å². The molecule has 25 heavy (non-hydrogen) atoms. The van der Waals surface area contributed by atoms with E-state index in [2.05, 4.69) is 16.0 Å². The van der Waals surface area contributed by atoms with Crippen LogP contribution in [0.15, 0.2) is 48.5 Å². The van der Waals surface area contributed by atoms with Crippen LogP contribution >= 0.6 is 0 Å². The van der Waals surface area contributed by atoms with Gasteiger partial charge < -0.3 is 16.0 Å². The number of carbonyl (C=O) groups is 3. The second-order valence-electron chi connectivity index (χ2n) is 5.39. The first-order valence-electron chi connectivity index (χ1n) is 7.61. The minimum atomic E-state index is -0.396. The van der Waals surface area contributed by atoms with Gasteiger partial charge in [-0.25, -0.2) is 4.39 Å². The number of amides is 3. The predicted molar refractivity (Wildman–Crippen MR) is 92.5 cm³/mol. The molecule has 6 nitrogen and oxygen atoms in total. The summed E-state index contributed by atoms with van der Waals surface area (Å²) in [6, 6.07) is 12.2. The second-order valence-corrected chi connectivity index (χ2v) is 5.39. The zero-order chi connectivity index (χ0) is 18.2. The van der Waals surface area contributed by atoms with E-state index < -0.39 is 5.91 Å². The average molecular weight is 343 g/mol. The van der Waals surface area contributed by atoms with Crippen LogP contribution < -0.4 is 16.0 Å². The lowest BCUT2D eigenvalue weighted by Crippen LogP contribution is -2.33. The Hall–Kier alpha value is -3.22. The highest BCUT2D eigenvalue weighted by Gasteiger charge is 2.08. The molecule has 0 spiro atoms. The summed E-state index contributed by atoms with van der Waals surface area (Å²) in [6.45, 7) is 1.20. The molecule has 0 radical (unpaired) electrons. The van der Waals surface area contributed by atoms with E-state index in [0.29, 0.717) is 16.9 Å². The van der Waals surface area contributed by atoms with Crippen LogP contribution in [0.4, 0.5) is 15.8 Å². The Labute approximate surface area is 144 Å². The molecule has 0 saturated heterocycles. The fourth-order valence-electron chi connectivity index (χ4n) is 2.11. The molecule has 2 rings (SSSR count). The third-order valence-electron chi connectivity index (χ3n) is 3.19. The molecule has 2 aromatic rings. The summed E-state index contributed by atoms with van der Waals surface area (Å²) in [5, 5.41) is 7.74. The van der Waals surface area contributed by atoms with Crippen LogP contribution in [-0.2, 0) is 20.8 Å². The lowest BCUT2D eigenvalue weighted by Gasteiger charge is -2.09. The maximum atomic E-state index is 12.8. The normalized spacial score (nSPS) is 10.0. The van der Waals surface area contributed by atoms with Crippen LogP contribution in [-0.4, -0.2) is 24.3 Å². The summed E-state index contributed by atoms with van der Waals surface area (Å²) >= 11 is 0. The molecule has 0 fully saturated rings. The van der Waals surface area contributed by atoms with E-state index in [-0.39, 0.29) is 30.6 Å². The standard InChI is InChI=1S/C18H18FN3O3/c1-12(23)21-15-3-2-4-16(10-15)22-18(25)11-20-17(24)9-13-5-7-14(19)8-6-13/h2-8,10H,9,11H2,1H3,(H,20,24)(H,21,23)(H,22,25). The topological polar surface area (TPSA) is 87.3 Å². The second kappa shape index (κ2) is 8.58. The highest BCUT2D eigenvalue weighted by Crippen LogP contribution is 2.14. The molecule has 0 aromatic heterocycles. The van der Waals surface area contributed by atoms with Gasteiger partial charge in [-0.15, -0.1) is 0 Å². The van der Waals surface area contributed by atoms with Gasteiger partial charge in [-0.2, -0.15) is 0 Å². The minimum absolute atomic E-state index is 0.0611. The average Bonchev–Trinajstić information content (AvgIpc) is 2.55. The first-order chi connectivity index (χ1) is 11.9. The Morgan fingerprint density at radius 2 is 1.56 bits per heavy atom. The summed E-state index contributed by atoms with van der Waals surface area (Å²) in [7, 11) is 0. The number of carbonyl (C=O) groups excluding carboxylic acids is 3. The quantitative estimate of drug-likeness (QED) is 0.750. The molecule has 3 N–H and O–H groups in total. The minimum Gasteiger partial charge on any atom is -0.347 e. The van der Waals surface area contributed by atoms with Gasteiger partial charge in [0.1, 0.15) is 5.82 Å². The number of anilines is 2. The van der Waals surface area contributed by atoms with Gasteiger partial charge >= 0.3 is 0 Å². The third kappa shape index (κ3) is 6.42. The predicted octanol–water partition coefficient (Wildman–Crippen LogP) is 2.08. The number of hydrogen-bond donors (Lipinski definition) is 3. The summed E-state index contributed by atoms with van der Waals surface area (Å²) in [6.07, 6.45) is 0.0611. The number of benzene rings is 2. The van der Waals surface area contributed by atoms with Crippen molar-refractivity contribution in [2.75, 3.05) is 17.2 Å².